The molecule has 0 N–H and O–H groups in total. The number of allylic oxidation sites excluding steroid dienone is 2. The summed E-state index contributed by atoms with van der Waals surface area (Å²) in [5.41, 5.74) is 1.05. The molecule has 1 saturated carbocycles. The first-order valence-electron chi connectivity index (χ1n) is 5.42. The Morgan fingerprint density at radius 3 is 2.43 bits per heavy atom. The molecule has 1 spiro atoms. The highest BCUT2D eigenvalue weighted by Crippen LogP contribution is 2.45. The molecule has 1 fully saturated rings. The first-order chi connectivity index (χ1) is 6.65. The Balaban J connectivity index is 2.16. The Hall–Kier alpha value is -0.920. The second kappa shape index (κ2) is 3.34. The van der Waals surface area contributed by atoms with Crippen LogP contribution in [0.15, 0.2) is 11.6 Å². The second-order valence-electron chi connectivity index (χ2n) is 4.52. The van der Waals surface area contributed by atoms with E-state index in [4.69, 9.17) is 0 Å². The Morgan fingerprint density at radius 2 is 1.93 bits per heavy atom. The van der Waals surface area contributed by atoms with Crippen molar-refractivity contribution in [1.82, 2.24) is 0 Å². The van der Waals surface area contributed by atoms with E-state index in [0.717, 1.165) is 24.8 Å². The zero-order valence-corrected chi connectivity index (χ0v) is 8.64. The molecule has 76 valence electrons. The summed E-state index contributed by atoms with van der Waals surface area (Å²) in [7, 11) is 0. The molecule has 0 aromatic carbocycles. The minimum absolute atomic E-state index is 0.0658. The molecule has 0 aliphatic heterocycles. The summed E-state index contributed by atoms with van der Waals surface area (Å²) >= 11 is 0. The molecule has 0 atom stereocenters. The van der Waals surface area contributed by atoms with E-state index in [0.29, 0.717) is 30.8 Å². The molecule has 0 aromatic heterocycles. The molecule has 0 heterocycles. The van der Waals surface area contributed by atoms with Crippen LogP contribution in [0.4, 0.5) is 0 Å². The van der Waals surface area contributed by atoms with Crippen LogP contribution in [0.2, 0.25) is 0 Å². The van der Waals surface area contributed by atoms with E-state index in [9.17, 15) is 9.59 Å². The van der Waals surface area contributed by atoms with Gasteiger partial charge in [0, 0.05) is 19.3 Å². The molecule has 0 amide bonds. The van der Waals surface area contributed by atoms with Gasteiger partial charge in [0.25, 0.3) is 0 Å². The van der Waals surface area contributed by atoms with Gasteiger partial charge in [0.1, 0.15) is 5.78 Å². The Labute approximate surface area is 84.4 Å². The van der Waals surface area contributed by atoms with Gasteiger partial charge in [-0.25, -0.2) is 0 Å². The van der Waals surface area contributed by atoms with Gasteiger partial charge in [-0.15, -0.1) is 0 Å². The average Bonchev–Trinajstić information content (AvgIpc) is 2.49. The van der Waals surface area contributed by atoms with E-state index < -0.39 is 0 Å². The lowest BCUT2D eigenvalue weighted by Gasteiger charge is -2.29. The van der Waals surface area contributed by atoms with Crippen molar-refractivity contribution in [2.45, 2.75) is 45.4 Å². The smallest absolute Gasteiger partial charge is 0.159 e. The van der Waals surface area contributed by atoms with Gasteiger partial charge in [-0.2, -0.15) is 0 Å². The van der Waals surface area contributed by atoms with Crippen molar-refractivity contribution in [3.63, 3.8) is 0 Å². The molecule has 2 aliphatic carbocycles. The highest BCUT2D eigenvalue weighted by atomic mass is 16.1. The van der Waals surface area contributed by atoms with Crippen molar-refractivity contribution in [2.24, 2.45) is 5.41 Å². The molecule has 0 bridgehead atoms. The van der Waals surface area contributed by atoms with Gasteiger partial charge in [-0.1, -0.05) is 13.0 Å². The number of Topliss-reactive ketones (excluding diaryl/α,β-unsaturated/α-hetero) is 2. The zero-order valence-electron chi connectivity index (χ0n) is 8.64. The van der Waals surface area contributed by atoms with Gasteiger partial charge in [0.15, 0.2) is 5.78 Å². The minimum atomic E-state index is 0.0658. The summed E-state index contributed by atoms with van der Waals surface area (Å²) in [6.07, 6.45) is 6.77. The molecule has 2 aliphatic rings. The summed E-state index contributed by atoms with van der Waals surface area (Å²) in [4.78, 5) is 22.7. The fraction of sp³-hybridized carbons (Fsp3) is 0.667. The summed E-state index contributed by atoms with van der Waals surface area (Å²) in [6.45, 7) is 2.02. The third-order valence-corrected chi connectivity index (χ3v) is 3.54. The van der Waals surface area contributed by atoms with Gasteiger partial charge in [-0.05, 0) is 30.3 Å². The van der Waals surface area contributed by atoms with Crippen LogP contribution in [0.3, 0.4) is 0 Å². The van der Waals surface area contributed by atoms with Crippen LogP contribution in [0.5, 0.6) is 0 Å². The van der Waals surface area contributed by atoms with Gasteiger partial charge in [0.05, 0.1) is 0 Å². The molecule has 0 unspecified atom stereocenters. The van der Waals surface area contributed by atoms with Crippen molar-refractivity contribution in [3.8, 4) is 0 Å². The number of ketones is 2. The lowest BCUT2D eigenvalue weighted by atomic mass is 9.73. The SMILES string of the molecule is CCC1=CC2(CCC(=O)CC2)CC1=O. The Kier molecular flexibility index (Phi) is 2.30. The highest BCUT2D eigenvalue weighted by Gasteiger charge is 2.39. The number of hydrogen-bond donors (Lipinski definition) is 0. The molecule has 14 heavy (non-hydrogen) atoms. The number of hydrogen-bond acceptors (Lipinski definition) is 2. The molecular formula is C12H16O2. The van der Waals surface area contributed by atoms with Crippen molar-refractivity contribution in [1.29, 1.82) is 0 Å². The first-order valence-corrected chi connectivity index (χ1v) is 5.42. The van der Waals surface area contributed by atoms with Gasteiger partial charge in [0.2, 0.25) is 0 Å². The topological polar surface area (TPSA) is 34.1 Å². The molecule has 2 heteroatoms. The van der Waals surface area contributed by atoms with Crippen LogP contribution in [0.1, 0.15) is 45.4 Å². The Morgan fingerprint density at radius 1 is 1.29 bits per heavy atom. The van der Waals surface area contributed by atoms with Crippen molar-refractivity contribution < 1.29 is 9.59 Å². The van der Waals surface area contributed by atoms with E-state index >= 15 is 0 Å². The first kappa shape index (κ1) is 9.63. The summed E-state index contributed by atoms with van der Waals surface area (Å²) < 4.78 is 0. The third-order valence-electron chi connectivity index (χ3n) is 3.54. The van der Waals surface area contributed by atoms with Crippen LogP contribution < -0.4 is 0 Å². The number of carbonyl (C=O) groups excluding carboxylic acids is 2. The van der Waals surface area contributed by atoms with Gasteiger partial charge >= 0.3 is 0 Å². The quantitative estimate of drug-likeness (QED) is 0.639. The van der Waals surface area contributed by atoms with E-state index in [2.05, 4.69) is 6.08 Å². The van der Waals surface area contributed by atoms with Crippen LogP contribution in [0, 0.1) is 5.41 Å². The summed E-state index contributed by atoms with van der Waals surface area (Å²) in [6, 6.07) is 0. The second-order valence-corrected chi connectivity index (χ2v) is 4.52. The monoisotopic (exact) mass is 192 g/mol. The maximum absolute atomic E-state index is 11.6. The predicted octanol–water partition coefficient (Wildman–Crippen LogP) is 2.43. The van der Waals surface area contributed by atoms with Crippen LogP contribution in [-0.4, -0.2) is 11.6 Å². The number of carbonyl (C=O) groups is 2. The highest BCUT2D eigenvalue weighted by molar-refractivity contribution is 5.98. The lowest BCUT2D eigenvalue weighted by Crippen LogP contribution is -2.24. The normalized spacial score (nSPS) is 25.6. The molecule has 0 saturated heterocycles. The molecule has 0 radical (unpaired) electrons. The van der Waals surface area contributed by atoms with Crippen LogP contribution >= 0.6 is 0 Å². The van der Waals surface area contributed by atoms with Crippen molar-refractivity contribution >= 4 is 11.6 Å². The largest absolute Gasteiger partial charge is 0.300 e. The van der Waals surface area contributed by atoms with Crippen LogP contribution in [0.25, 0.3) is 0 Å². The molecule has 2 nitrogen and oxygen atoms in total. The van der Waals surface area contributed by atoms with E-state index in [1.54, 1.807) is 0 Å². The van der Waals surface area contributed by atoms with E-state index in [-0.39, 0.29) is 5.41 Å². The molecule has 2 rings (SSSR count). The maximum Gasteiger partial charge on any atom is 0.159 e. The number of rotatable bonds is 1. The predicted molar refractivity (Wildman–Crippen MR) is 53.9 cm³/mol. The van der Waals surface area contributed by atoms with Crippen LogP contribution in [-0.2, 0) is 9.59 Å². The summed E-state index contributed by atoms with van der Waals surface area (Å²) in [5, 5.41) is 0. The Bertz CT molecular complexity index is 302. The van der Waals surface area contributed by atoms with Crippen molar-refractivity contribution in [2.75, 3.05) is 0 Å². The molecular weight excluding hydrogens is 176 g/mol. The van der Waals surface area contributed by atoms with E-state index in [1.165, 1.54) is 0 Å². The standard InChI is InChI=1S/C12H16O2/c1-2-9-7-12(8-11(9)14)5-3-10(13)4-6-12/h7H,2-6,8H2,1H3. The minimum Gasteiger partial charge on any atom is -0.300 e. The van der Waals surface area contributed by atoms with E-state index in [1.807, 2.05) is 6.92 Å². The third kappa shape index (κ3) is 1.54. The fourth-order valence-corrected chi connectivity index (χ4v) is 2.58. The van der Waals surface area contributed by atoms with Gasteiger partial charge in [-0.3, -0.25) is 9.59 Å². The molecule has 0 aromatic rings. The van der Waals surface area contributed by atoms with Gasteiger partial charge < -0.3 is 0 Å². The lowest BCUT2D eigenvalue weighted by molar-refractivity contribution is -0.123. The average molecular weight is 192 g/mol. The zero-order chi connectivity index (χ0) is 10.2. The van der Waals surface area contributed by atoms with Crippen molar-refractivity contribution in [3.05, 3.63) is 11.6 Å². The fourth-order valence-electron chi connectivity index (χ4n) is 2.58. The maximum atomic E-state index is 11.6. The summed E-state index contributed by atoms with van der Waals surface area (Å²) in [5.74, 6) is 0.670.